The quantitative estimate of drug-likeness (QED) is 0.685. The maximum absolute atomic E-state index is 12.8. The number of piperidine rings is 1. The van der Waals surface area contributed by atoms with E-state index in [2.05, 4.69) is 10.1 Å². The van der Waals surface area contributed by atoms with Crippen LogP contribution in [0.25, 0.3) is 0 Å². The number of hydrogen-bond donors (Lipinski definition) is 0. The molecule has 8 heteroatoms. The summed E-state index contributed by atoms with van der Waals surface area (Å²) in [5.74, 6) is 1.17. The number of benzene rings is 1. The van der Waals surface area contributed by atoms with Gasteiger partial charge in [-0.1, -0.05) is 11.2 Å². The molecular weight excluding hydrogens is 360 g/mol. The first kappa shape index (κ1) is 20.3. The number of rotatable bonds is 8. The Morgan fingerprint density at radius 2 is 2.11 bits per heavy atom. The number of methoxy groups -OCH3 is 1. The molecule has 152 valence electrons. The van der Waals surface area contributed by atoms with Crippen LogP contribution in [-0.2, 0) is 22.5 Å². The van der Waals surface area contributed by atoms with Gasteiger partial charge in [0.05, 0.1) is 12.7 Å². The van der Waals surface area contributed by atoms with Gasteiger partial charge in [0.2, 0.25) is 0 Å². The van der Waals surface area contributed by atoms with Crippen LogP contribution < -0.4 is 4.90 Å². The second-order valence-electron chi connectivity index (χ2n) is 7.09. The maximum atomic E-state index is 12.8. The zero-order chi connectivity index (χ0) is 19.9. The first-order valence-corrected chi connectivity index (χ1v) is 9.55. The summed E-state index contributed by atoms with van der Waals surface area (Å²) < 4.78 is 16.1. The summed E-state index contributed by atoms with van der Waals surface area (Å²) in [7, 11) is 5.58. The molecule has 8 nitrogen and oxygen atoms in total. The Balaban J connectivity index is 1.46. The van der Waals surface area contributed by atoms with E-state index in [4.69, 9.17) is 14.0 Å². The number of carbonyl (C=O) groups excluding carboxylic acids is 1. The van der Waals surface area contributed by atoms with Crippen molar-refractivity contribution in [2.75, 3.05) is 45.8 Å². The lowest BCUT2D eigenvalue weighted by atomic mass is 10.1. The molecule has 1 aromatic carbocycles. The number of ether oxygens (including phenoxy) is 2. The Kier molecular flexibility index (Phi) is 7.00. The Bertz CT molecular complexity index is 769. The summed E-state index contributed by atoms with van der Waals surface area (Å²) in [6.45, 7) is 2.21. The standard InChI is InChI=1S/C20H28N4O4/c1-23(2)16-6-4-5-15(13-16)20(25)24-10-7-17(8-11-24)27-14-19-21-18(22-28-19)9-12-26-3/h4-6,13,17H,7-12,14H2,1-3H3. The molecule has 1 aliphatic rings. The molecule has 0 aliphatic carbocycles. The Labute approximate surface area is 165 Å². The van der Waals surface area contributed by atoms with Gasteiger partial charge < -0.3 is 23.8 Å². The molecular formula is C20H28N4O4. The zero-order valence-corrected chi connectivity index (χ0v) is 16.8. The van der Waals surface area contributed by atoms with Crippen molar-refractivity contribution in [2.45, 2.75) is 32.0 Å². The highest BCUT2D eigenvalue weighted by Gasteiger charge is 2.24. The van der Waals surface area contributed by atoms with Crippen LogP contribution >= 0.6 is 0 Å². The lowest BCUT2D eigenvalue weighted by Gasteiger charge is -2.32. The number of nitrogens with zero attached hydrogens (tertiary/aromatic N) is 4. The number of anilines is 1. The molecule has 0 unspecified atom stereocenters. The van der Waals surface area contributed by atoms with Gasteiger partial charge in [0.15, 0.2) is 5.82 Å². The van der Waals surface area contributed by atoms with Crippen LogP contribution in [0, 0.1) is 0 Å². The first-order chi connectivity index (χ1) is 13.6. The molecule has 0 spiro atoms. The van der Waals surface area contributed by atoms with Crippen molar-refractivity contribution in [1.82, 2.24) is 15.0 Å². The SMILES string of the molecule is COCCc1noc(COC2CCN(C(=O)c3cccc(N(C)C)c3)CC2)n1. The minimum absolute atomic E-state index is 0.0711. The van der Waals surface area contributed by atoms with E-state index in [0.29, 0.717) is 44.4 Å². The summed E-state index contributed by atoms with van der Waals surface area (Å²) in [6, 6.07) is 7.72. The summed E-state index contributed by atoms with van der Waals surface area (Å²) in [5.41, 5.74) is 1.74. The fourth-order valence-electron chi connectivity index (χ4n) is 3.16. The number of amides is 1. The van der Waals surface area contributed by atoms with Gasteiger partial charge in [-0.15, -0.1) is 0 Å². The molecule has 1 aliphatic heterocycles. The Morgan fingerprint density at radius 3 is 2.82 bits per heavy atom. The molecule has 0 atom stereocenters. The monoisotopic (exact) mass is 388 g/mol. The van der Waals surface area contributed by atoms with Crippen LogP contribution in [0.15, 0.2) is 28.8 Å². The molecule has 3 rings (SSSR count). The Hall–Kier alpha value is -2.45. The minimum Gasteiger partial charge on any atom is -0.384 e. The van der Waals surface area contributed by atoms with Crippen LogP contribution in [0.5, 0.6) is 0 Å². The van der Waals surface area contributed by atoms with Gasteiger partial charge in [-0.3, -0.25) is 4.79 Å². The number of hydrogen-bond acceptors (Lipinski definition) is 7. The van der Waals surface area contributed by atoms with Crippen molar-refractivity contribution in [1.29, 1.82) is 0 Å². The van der Waals surface area contributed by atoms with E-state index in [1.54, 1.807) is 7.11 Å². The molecule has 0 bridgehead atoms. The largest absolute Gasteiger partial charge is 0.384 e. The van der Waals surface area contributed by atoms with Crippen LogP contribution in [0.3, 0.4) is 0 Å². The predicted molar refractivity (Wildman–Crippen MR) is 104 cm³/mol. The third-order valence-electron chi connectivity index (χ3n) is 4.82. The minimum atomic E-state index is 0.0711. The second kappa shape index (κ2) is 9.66. The Morgan fingerprint density at radius 1 is 1.32 bits per heavy atom. The van der Waals surface area contributed by atoms with Crippen LogP contribution in [0.4, 0.5) is 5.69 Å². The van der Waals surface area contributed by atoms with Crippen molar-refractivity contribution < 1.29 is 18.8 Å². The van der Waals surface area contributed by atoms with Crippen molar-refractivity contribution in [2.24, 2.45) is 0 Å². The average molecular weight is 388 g/mol. The lowest BCUT2D eigenvalue weighted by molar-refractivity contribution is -0.00978. The highest BCUT2D eigenvalue weighted by Crippen LogP contribution is 2.20. The van der Waals surface area contributed by atoms with Gasteiger partial charge in [0, 0.05) is 52.0 Å². The second-order valence-corrected chi connectivity index (χ2v) is 7.09. The molecule has 0 radical (unpaired) electrons. The van der Waals surface area contributed by atoms with E-state index in [1.165, 1.54) is 0 Å². The van der Waals surface area contributed by atoms with E-state index >= 15 is 0 Å². The smallest absolute Gasteiger partial charge is 0.253 e. The van der Waals surface area contributed by atoms with Crippen molar-refractivity contribution in [3.8, 4) is 0 Å². The van der Waals surface area contributed by atoms with Gasteiger partial charge in [-0.2, -0.15) is 4.98 Å². The van der Waals surface area contributed by atoms with Crippen LogP contribution in [0.1, 0.15) is 34.9 Å². The van der Waals surface area contributed by atoms with Crippen molar-refractivity contribution in [3.05, 3.63) is 41.5 Å². The van der Waals surface area contributed by atoms with E-state index < -0.39 is 0 Å². The molecule has 2 heterocycles. The summed E-state index contributed by atoms with van der Waals surface area (Å²) >= 11 is 0. The number of aromatic nitrogens is 2. The van der Waals surface area contributed by atoms with E-state index in [1.807, 2.05) is 48.2 Å². The van der Waals surface area contributed by atoms with E-state index in [9.17, 15) is 4.79 Å². The summed E-state index contributed by atoms with van der Waals surface area (Å²) in [5, 5.41) is 3.90. The van der Waals surface area contributed by atoms with Crippen LogP contribution in [-0.4, -0.2) is 68.0 Å². The van der Waals surface area contributed by atoms with Crippen LogP contribution in [0.2, 0.25) is 0 Å². The van der Waals surface area contributed by atoms with Gasteiger partial charge in [0.25, 0.3) is 11.8 Å². The van der Waals surface area contributed by atoms with Gasteiger partial charge in [0.1, 0.15) is 6.61 Å². The third kappa shape index (κ3) is 5.30. The van der Waals surface area contributed by atoms with Gasteiger partial charge in [-0.05, 0) is 31.0 Å². The molecule has 1 saturated heterocycles. The number of carbonyl (C=O) groups is 1. The molecule has 2 aromatic rings. The fourth-order valence-corrected chi connectivity index (χ4v) is 3.16. The van der Waals surface area contributed by atoms with E-state index in [0.717, 1.165) is 24.1 Å². The fraction of sp³-hybridized carbons (Fsp3) is 0.550. The maximum Gasteiger partial charge on any atom is 0.253 e. The molecule has 0 saturated carbocycles. The topological polar surface area (TPSA) is 80.9 Å². The third-order valence-corrected chi connectivity index (χ3v) is 4.82. The normalized spacial score (nSPS) is 15.0. The van der Waals surface area contributed by atoms with E-state index in [-0.39, 0.29) is 12.0 Å². The molecule has 1 aromatic heterocycles. The van der Waals surface area contributed by atoms with Gasteiger partial charge >= 0.3 is 0 Å². The van der Waals surface area contributed by atoms with Crippen molar-refractivity contribution in [3.63, 3.8) is 0 Å². The summed E-state index contributed by atoms with van der Waals surface area (Å²) in [4.78, 5) is 20.9. The molecule has 28 heavy (non-hydrogen) atoms. The van der Waals surface area contributed by atoms with Crippen molar-refractivity contribution >= 4 is 11.6 Å². The van der Waals surface area contributed by atoms with Gasteiger partial charge in [-0.25, -0.2) is 0 Å². The number of likely N-dealkylation sites (tertiary alicyclic amines) is 1. The first-order valence-electron chi connectivity index (χ1n) is 9.55. The lowest BCUT2D eigenvalue weighted by Crippen LogP contribution is -2.40. The molecule has 0 N–H and O–H groups in total. The highest BCUT2D eigenvalue weighted by molar-refractivity contribution is 5.95. The zero-order valence-electron chi connectivity index (χ0n) is 16.8. The molecule has 1 fully saturated rings. The average Bonchev–Trinajstić information content (AvgIpc) is 3.18. The summed E-state index contributed by atoms with van der Waals surface area (Å²) in [6.07, 6.45) is 2.30. The molecule has 1 amide bonds. The predicted octanol–water partition coefficient (Wildman–Crippen LogP) is 2.15. The highest BCUT2D eigenvalue weighted by atomic mass is 16.5.